The molecule has 0 radical (unpaired) electrons. The van der Waals surface area contributed by atoms with Crippen LogP contribution in [0, 0.1) is 11.8 Å². The minimum absolute atomic E-state index is 0.770. The van der Waals surface area contributed by atoms with E-state index in [1.807, 2.05) is 24.3 Å². The molecule has 1 unspecified atom stereocenters. The van der Waals surface area contributed by atoms with Crippen molar-refractivity contribution in [3.05, 3.63) is 28.7 Å². The van der Waals surface area contributed by atoms with Gasteiger partial charge < -0.3 is 10.1 Å². The maximum Gasteiger partial charge on any atom is 0.120 e. The summed E-state index contributed by atoms with van der Waals surface area (Å²) in [6.45, 7) is 5.34. The monoisotopic (exact) mass is 353 g/mol. The minimum Gasteiger partial charge on any atom is -0.494 e. The van der Waals surface area contributed by atoms with Crippen LogP contribution >= 0.6 is 15.9 Å². The molecular formula is C18H28BrNO. The second-order valence-corrected chi connectivity index (χ2v) is 7.02. The highest BCUT2D eigenvalue weighted by atomic mass is 79.9. The van der Waals surface area contributed by atoms with Crippen molar-refractivity contribution in [2.45, 2.75) is 45.4 Å². The Bertz CT molecular complexity index is 404. The lowest BCUT2D eigenvalue weighted by Gasteiger charge is -2.24. The summed E-state index contributed by atoms with van der Waals surface area (Å²) >= 11 is 3.49. The van der Waals surface area contributed by atoms with Gasteiger partial charge in [0.05, 0.1) is 6.61 Å². The van der Waals surface area contributed by atoms with Gasteiger partial charge in [0.15, 0.2) is 0 Å². The van der Waals surface area contributed by atoms with E-state index in [1.54, 1.807) is 0 Å². The molecule has 0 spiro atoms. The fraction of sp³-hybridized carbons (Fsp3) is 0.667. The van der Waals surface area contributed by atoms with Crippen molar-refractivity contribution in [2.75, 3.05) is 19.7 Å². The maximum atomic E-state index is 5.93. The highest BCUT2D eigenvalue weighted by Gasteiger charge is 2.24. The highest BCUT2D eigenvalue weighted by Crippen LogP contribution is 2.33. The molecule has 3 heteroatoms. The van der Waals surface area contributed by atoms with Crippen molar-refractivity contribution in [3.63, 3.8) is 0 Å². The molecule has 0 aliphatic heterocycles. The molecule has 2 rings (SSSR count). The zero-order valence-electron chi connectivity index (χ0n) is 13.1. The van der Waals surface area contributed by atoms with E-state index in [0.717, 1.165) is 48.2 Å². The molecule has 2 nitrogen and oxygen atoms in total. The zero-order valence-corrected chi connectivity index (χ0v) is 14.7. The molecule has 1 aromatic rings. The Labute approximate surface area is 137 Å². The van der Waals surface area contributed by atoms with Crippen molar-refractivity contribution in [3.8, 4) is 5.75 Å². The summed E-state index contributed by atoms with van der Waals surface area (Å²) in [6.07, 6.45) is 8.04. The molecule has 1 aliphatic rings. The zero-order chi connectivity index (χ0) is 14.9. The summed E-state index contributed by atoms with van der Waals surface area (Å²) in [7, 11) is 0. The van der Waals surface area contributed by atoms with Crippen molar-refractivity contribution in [1.82, 2.24) is 5.32 Å². The summed E-state index contributed by atoms with van der Waals surface area (Å²) in [4.78, 5) is 0. The molecule has 1 fully saturated rings. The van der Waals surface area contributed by atoms with Gasteiger partial charge in [-0.05, 0) is 56.0 Å². The van der Waals surface area contributed by atoms with E-state index in [0.29, 0.717) is 0 Å². The molecule has 0 aromatic heterocycles. The fourth-order valence-electron chi connectivity index (χ4n) is 3.28. The lowest BCUT2D eigenvalue weighted by molar-refractivity contribution is 0.230. The molecule has 21 heavy (non-hydrogen) atoms. The van der Waals surface area contributed by atoms with E-state index in [-0.39, 0.29) is 0 Å². The summed E-state index contributed by atoms with van der Waals surface area (Å²) in [5.41, 5.74) is 0. The predicted octanol–water partition coefficient (Wildman–Crippen LogP) is 5.02. The Morgan fingerprint density at radius 3 is 2.86 bits per heavy atom. The SMILES string of the molecule is CCCNCC(CCOc1cccc(Br)c1)C1CCCC1. The van der Waals surface area contributed by atoms with Gasteiger partial charge in [-0.3, -0.25) is 0 Å². The first kappa shape index (κ1) is 16.8. The number of rotatable bonds is 9. The van der Waals surface area contributed by atoms with Crippen molar-refractivity contribution >= 4 is 15.9 Å². The van der Waals surface area contributed by atoms with E-state index in [2.05, 4.69) is 28.2 Å². The number of hydrogen-bond acceptors (Lipinski definition) is 2. The van der Waals surface area contributed by atoms with Crippen LogP contribution in [0.3, 0.4) is 0 Å². The Balaban J connectivity index is 1.77. The van der Waals surface area contributed by atoms with E-state index in [4.69, 9.17) is 4.74 Å². The van der Waals surface area contributed by atoms with Gasteiger partial charge in [0.1, 0.15) is 5.75 Å². The summed E-state index contributed by atoms with van der Waals surface area (Å²) in [6, 6.07) is 8.13. The number of nitrogens with one attached hydrogen (secondary N) is 1. The molecular weight excluding hydrogens is 326 g/mol. The molecule has 118 valence electrons. The molecule has 1 aromatic carbocycles. The van der Waals surface area contributed by atoms with Crippen LogP contribution in [0.4, 0.5) is 0 Å². The first-order valence-electron chi connectivity index (χ1n) is 8.38. The lowest BCUT2D eigenvalue weighted by Crippen LogP contribution is -2.29. The van der Waals surface area contributed by atoms with Gasteiger partial charge in [0.2, 0.25) is 0 Å². The minimum atomic E-state index is 0.770. The van der Waals surface area contributed by atoms with Gasteiger partial charge in [0.25, 0.3) is 0 Å². The Morgan fingerprint density at radius 2 is 2.14 bits per heavy atom. The Hall–Kier alpha value is -0.540. The van der Waals surface area contributed by atoms with Crippen molar-refractivity contribution in [2.24, 2.45) is 11.8 Å². The quantitative estimate of drug-likeness (QED) is 0.629. The van der Waals surface area contributed by atoms with Crippen LogP contribution in [0.2, 0.25) is 0 Å². The van der Waals surface area contributed by atoms with Gasteiger partial charge in [-0.2, -0.15) is 0 Å². The molecule has 1 N–H and O–H groups in total. The van der Waals surface area contributed by atoms with Gasteiger partial charge in [-0.1, -0.05) is 54.6 Å². The number of halogens is 1. The molecule has 0 amide bonds. The Kier molecular flexibility index (Phi) is 7.59. The first-order valence-corrected chi connectivity index (χ1v) is 9.18. The molecule has 1 saturated carbocycles. The fourth-order valence-corrected chi connectivity index (χ4v) is 3.66. The number of ether oxygens (including phenoxy) is 1. The second-order valence-electron chi connectivity index (χ2n) is 6.10. The van der Waals surface area contributed by atoms with E-state index in [1.165, 1.54) is 32.1 Å². The van der Waals surface area contributed by atoms with Crippen LogP contribution in [0.5, 0.6) is 5.75 Å². The van der Waals surface area contributed by atoms with Crippen LogP contribution in [0.15, 0.2) is 28.7 Å². The Morgan fingerprint density at radius 1 is 1.33 bits per heavy atom. The third-order valence-corrected chi connectivity index (χ3v) is 4.95. The van der Waals surface area contributed by atoms with Crippen molar-refractivity contribution in [1.29, 1.82) is 0 Å². The standard InChI is InChI=1S/C18H28BrNO/c1-2-11-20-14-16(15-6-3-4-7-15)10-12-21-18-9-5-8-17(19)13-18/h5,8-9,13,15-16,20H,2-4,6-7,10-12,14H2,1H3. The topological polar surface area (TPSA) is 21.3 Å². The van der Waals surface area contributed by atoms with Gasteiger partial charge in [-0.15, -0.1) is 0 Å². The summed E-state index contributed by atoms with van der Waals surface area (Å²) < 4.78 is 7.01. The predicted molar refractivity (Wildman–Crippen MR) is 92.9 cm³/mol. The maximum absolute atomic E-state index is 5.93. The normalized spacial score (nSPS) is 17.0. The molecule has 0 bridgehead atoms. The summed E-state index contributed by atoms with van der Waals surface area (Å²) in [5, 5.41) is 3.61. The molecule has 1 aliphatic carbocycles. The third-order valence-electron chi connectivity index (χ3n) is 4.45. The molecule has 0 heterocycles. The first-order chi connectivity index (χ1) is 10.3. The van der Waals surface area contributed by atoms with Gasteiger partial charge >= 0.3 is 0 Å². The van der Waals surface area contributed by atoms with Crippen LogP contribution in [0.25, 0.3) is 0 Å². The number of benzene rings is 1. The van der Waals surface area contributed by atoms with Crippen LogP contribution in [0.1, 0.15) is 45.4 Å². The third kappa shape index (κ3) is 5.99. The summed E-state index contributed by atoms with van der Waals surface area (Å²) in [5.74, 6) is 2.64. The van der Waals surface area contributed by atoms with E-state index in [9.17, 15) is 0 Å². The van der Waals surface area contributed by atoms with Crippen molar-refractivity contribution < 1.29 is 4.74 Å². The van der Waals surface area contributed by atoms with Gasteiger partial charge in [-0.25, -0.2) is 0 Å². The average Bonchev–Trinajstić information content (AvgIpc) is 3.00. The highest BCUT2D eigenvalue weighted by molar-refractivity contribution is 9.10. The van der Waals surface area contributed by atoms with Crippen LogP contribution < -0.4 is 10.1 Å². The van der Waals surface area contributed by atoms with Gasteiger partial charge in [0, 0.05) is 4.47 Å². The second kappa shape index (κ2) is 9.47. The van der Waals surface area contributed by atoms with E-state index >= 15 is 0 Å². The largest absolute Gasteiger partial charge is 0.494 e. The van der Waals surface area contributed by atoms with Crippen LogP contribution in [-0.4, -0.2) is 19.7 Å². The smallest absolute Gasteiger partial charge is 0.120 e. The van der Waals surface area contributed by atoms with E-state index < -0.39 is 0 Å². The van der Waals surface area contributed by atoms with Crippen LogP contribution in [-0.2, 0) is 0 Å². The molecule has 1 atom stereocenters. The number of hydrogen-bond donors (Lipinski definition) is 1. The lowest BCUT2D eigenvalue weighted by atomic mass is 9.88. The average molecular weight is 354 g/mol. The molecule has 0 saturated heterocycles.